The summed E-state index contributed by atoms with van der Waals surface area (Å²) in [7, 11) is 0. The molecule has 17 heavy (non-hydrogen) atoms. The maximum absolute atomic E-state index is 11.4. The largest absolute Gasteiger partial charge is 0.391 e. The monoisotopic (exact) mass is 227 g/mol. The van der Waals surface area contributed by atoms with Gasteiger partial charge in [0.05, 0.1) is 17.4 Å². The summed E-state index contributed by atoms with van der Waals surface area (Å²) >= 11 is 0. The fourth-order valence-corrected chi connectivity index (χ4v) is 1.72. The molecule has 84 valence electrons. The summed E-state index contributed by atoms with van der Waals surface area (Å²) in [6.07, 6.45) is 2.92. The molecule has 2 heterocycles. The second-order valence-electron chi connectivity index (χ2n) is 3.57. The Balaban J connectivity index is 2.35. The van der Waals surface area contributed by atoms with Gasteiger partial charge in [-0.2, -0.15) is 0 Å². The van der Waals surface area contributed by atoms with Gasteiger partial charge in [-0.1, -0.05) is 12.1 Å². The number of aromatic amines is 1. The van der Waals surface area contributed by atoms with E-state index in [0.717, 1.165) is 11.0 Å². The molecule has 2 aromatic heterocycles. The number of hydrogen-bond donors (Lipinski definition) is 2. The van der Waals surface area contributed by atoms with Crippen molar-refractivity contribution in [1.29, 1.82) is 0 Å². The first-order chi connectivity index (χ1) is 8.27. The van der Waals surface area contributed by atoms with Crippen LogP contribution in [0.3, 0.4) is 0 Å². The zero-order valence-corrected chi connectivity index (χ0v) is 8.79. The Labute approximate surface area is 95.7 Å². The van der Waals surface area contributed by atoms with Crippen molar-refractivity contribution in [2.24, 2.45) is 0 Å². The molecule has 3 N–H and O–H groups in total. The van der Waals surface area contributed by atoms with Gasteiger partial charge in [0.25, 0.3) is 5.56 Å². The van der Waals surface area contributed by atoms with Crippen molar-refractivity contribution in [2.45, 2.75) is 0 Å². The molecule has 6 heteroatoms. The van der Waals surface area contributed by atoms with E-state index < -0.39 is 0 Å². The van der Waals surface area contributed by atoms with Crippen LogP contribution in [0.5, 0.6) is 0 Å². The summed E-state index contributed by atoms with van der Waals surface area (Å²) < 4.78 is 1.69. The third-order valence-electron chi connectivity index (χ3n) is 2.55. The maximum Gasteiger partial charge on any atom is 0.276 e. The summed E-state index contributed by atoms with van der Waals surface area (Å²) in [5.74, 6) is 0.391. The van der Waals surface area contributed by atoms with Crippen molar-refractivity contribution in [3.8, 4) is 5.82 Å². The van der Waals surface area contributed by atoms with Crippen molar-refractivity contribution in [3.05, 3.63) is 47.3 Å². The molecule has 3 rings (SSSR count). The van der Waals surface area contributed by atoms with Gasteiger partial charge in [0.2, 0.25) is 0 Å². The summed E-state index contributed by atoms with van der Waals surface area (Å²) in [5.41, 5.74) is 7.12. The van der Waals surface area contributed by atoms with Crippen LogP contribution in [-0.2, 0) is 0 Å². The van der Waals surface area contributed by atoms with Gasteiger partial charge in [-0.05, 0) is 12.1 Å². The fourth-order valence-electron chi connectivity index (χ4n) is 1.72. The van der Waals surface area contributed by atoms with Crippen molar-refractivity contribution in [1.82, 2.24) is 19.5 Å². The molecule has 0 radical (unpaired) electrons. The molecule has 0 amide bonds. The predicted octanol–water partition coefficient (Wildman–Crippen LogP) is 0.691. The number of fused-ring (bicyclic) bond motifs is 1. The number of nitrogens with two attached hydrogens (primary N) is 1. The number of nitrogens with zero attached hydrogens (tertiary/aromatic N) is 3. The van der Waals surface area contributed by atoms with E-state index >= 15 is 0 Å². The van der Waals surface area contributed by atoms with E-state index in [2.05, 4.69) is 15.0 Å². The zero-order valence-electron chi connectivity index (χ0n) is 8.79. The number of H-pyrrole nitrogens is 1. The Morgan fingerprint density at radius 1 is 1.24 bits per heavy atom. The summed E-state index contributed by atoms with van der Waals surface area (Å²) in [6.45, 7) is 0. The Morgan fingerprint density at radius 2 is 2.06 bits per heavy atom. The summed E-state index contributed by atoms with van der Waals surface area (Å²) in [4.78, 5) is 22.1. The van der Waals surface area contributed by atoms with Crippen molar-refractivity contribution < 1.29 is 0 Å². The van der Waals surface area contributed by atoms with Crippen molar-refractivity contribution in [3.63, 3.8) is 0 Å². The standard InChI is InChI=1S/C11H9N5O/c12-9-10(13-5-14-11(9)17)16-6-15-7-3-1-2-4-8(7)16/h1-6H,12H2,(H,13,14,17). The molecule has 0 fully saturated rings. The number of nitrogen functional groups attached to an aromatic ring is 1. The molecule has 0 bridgehead atoms. The van der Waals surface area contributed by atoms with Gasteiger partial charge in [-0.25, -0.2) is 9.97 Å². The van der Waals surface area contributed by atoms with E-state index in [0.29, 0.717) is 5.82 Å². The molecule has 3 aromatic rings. The minimum absolute atomic E-state index is 0.0793. The number of anilines is 1. The molecule has 0 aliphatic carbocycles. The van der Waals surface area contributed by atoms with Gasteiger partial charge in [0.15, 0.2) is 5.82 Å². The lowest BCUT2D eigenvalue weighted by Gasteiger charge is -2.04. The minimum atomic E-state index is -0.354. The highest BCUT2D eigenvalue weighted by molar-refractivity contribution is 5.77. The lowest BCUT2D eigenvalue weighted by molar-refractivity contribution is 0.986. The summed E-state index contributed by atoms with van der Waals surface area (Å²) in [5, 5.41) is 0. The van der Waals surface area contributed by atoms with Crippen molar-refractivity contribution in [2.75, 3.05) is 5.73 Å². The highest BCUT2D eigenvalue weighted by atomic mass is 16.1. The Kier molecular flexibility index (Phi) is 1.94. The lowest BCUT2D eigenvalue weighted by Crippen LogP contribution is -2.16. The number of hydrogen-bond acceptors (Lipinski definition) is 4. The zero-order chi connectivity index (χ0) is 11.8. The van der Waals surface area contributed by atoms with Crippen LogP contribution >= 0.6 is 0 Å². The normalized spacial score (nSPS) is 10.8. The number of nitrogens with one attached hydrogen (secondary N) is 1. The van der Waals surface area contributed by atoms with Gasteiger partial charge >= 0.3 is 0 Å². The number of imidazole rings is 1. The van der Waals surface area contributed by atoms with E-state index in [1.807, 2.05) is 24.3 Å². The second-order valence-corrected chi connectivity index (χ2v) is 3.57. The quantitative estimate of drug-likeness (QED) is 0.640. The Bertz CT molecular complexity index is 743. The van der Waals surface area contributed by atoms with Crippen LogP contribution in [-0.4, -0.2) is 19.5 Å². The highest BCUT2D eigenvalue weighted by Crippen LogP contribution is 2.17. The van der Waals surface area contributed by atoms with Crippen LogP contribution < -0.4 is 11.3 Å². The van der Waals surface area contributed by atoms with Crippen LogP contribution in [0.4, 0.5) is 5.69 Å². The van der Waals surface area contributed by atoms with Crippen LogP contribution in [0.1, 0.15) is 0 Å². The average Bonchev–Trinajstić information content (AvgIpc) is 2.77. The molecule has 6 nitrogen and oxygen atoms in total. The molecular weight excluding hydrogens is 218 g/mol. The van der Waals surface area contributed by atoms with Gasteiger partial charge in [-0.3, -0.25) is 9.36 Å². The predicted molar refractivity (Wildman–Crippen MR) is 63.9 cm³/mol. The van der Waals surface area contributed by atoms with E-state index in [1.54, 1.807) is 10.9 Å². The molecule has 0 atom stereocenters. The third kappa shape index (κ3) is 1.38. The van der Waals surface area contributed by atoms with Crippen LogP contribution in [0.2, 0.25) is 0 Å². The molecule has 0 aliphatic heterocycles. The molecule has 0 unspecified atom stereocenters. The smallest absolute Gasteiger partial charge is 0.276 e. The third-order valence-corrected chi connectivity index (χ3v) is 2.55. The van der Waals surface area contributed by atoms with Gasteiger partial charge in [0, 0.05) is 0 Å². The number of rotatable bonds is 1. The average molecular weight is 227 g/mol. The molecule has 0 saturated heterocycles. The Morgan fingerprint density at radius 3 is 2.94 bits per heavy atom. The first kappa shape index (κ1) is 9.59. The van der Waals surface area contributed by atoms with E-state index in [9.17, 15) is 4.79 Å². The minimum Gasteiger partial charge on any atom is -0.391 e. The van der Waals surface area contributed by atoms with E-state index in [1.165, 1.54) is 6.33 Å². The topological polar surface area (TPSA) is 89.6 Å². The van der Waals surface area contributed by atoms with Crippen LogP contribution in [0, 0.1) is 0 Å². The van der Waals surface area contributed by atoms with E-state index in [4.69, 9.17) is 5.73 Å². The Hall–Kier alpha value is -2.63. The first-order valence-corrected chi connectivity index (χ1v) is 5.03. The summed E-state index contributed by atoms with van der Waals surface area (Å²) in [6, 6.07) is 7.57. The molecule has 0 saturated carbocycles. The maximum atomic E-state index is 11.4. The van der Waals surface area contributed by atoms with Crippen LogP contribution in [0.25, 0.3) is 16.9 Å². The highest BCUT2D eigenvalue weighted by Gasteiger charge is 2.09. The number of benzene rings is 1. The SMILES string of the molecule is Nc1c(-n2cnc3ccccc32)nc[nH]c1=O. The van der Waals surface area contributed by atoms with E-state index in [-0.39, 0.29) is 11.2 Å². The fraction of sp³-hybridized carbons (Fsp3) is 0. The molecule has 1 aromatic carbocycles. The van der Waals surface area contributed by atoms with Gasteiger partial charge < -0.3 is 10.7 Å². The lowest BCUT2D eigenvalue weighted by atomic mass is 10.3. The van der Waals surface area contributed by atoms with Gasteiger partial charge in [-0.15, -0.1) is 0 Å². The van der Waals surface area contributed by atoms with Crippen molar-refractivity contribution >= 4 is 16.7 Å². The van der Waals surface area contributed by atoms with Gasteiger partial charge in [0.1, 0.15) is 12.0 Å². The molecule has 0 spiro atoms. The number of aromatic nitrogens is 4. The molecule has 0 aliphatic rings. The van der Waals surface area contributed by atoms with Crippen LogP contribution in [0.15, 0.2) is 41.7 Å². The first-order valence-electron chi connectivity index (χ1n) is 5.03. The second kappa shape index (κ2) is 3.44. The number of para-hydroxylation sites is 2. The molecular formula is C11H9N5O.